The van der Waals surface area contributed by atoms with Crippen LogP contribution in [-0.2, 0) is 22.6 Å². The number of aryl methyl sites for hydroxylation is 1. The molecule has 24 heavy (non-hydrogen) atoms. The summed E-state index contributed by atoms with van der Waals surface area (Å²) in [6.45, 7) is 2.99. The first-order valence-corrected chi connectivity index (χ1v) is 8.23. The lowest BCUT2D eigenvalue weighted by atomic mass is 10.1. The van der Waals surface area contributed by atoms with Gasteiger partial charge >= 0.3 is 0 Å². The molecule has 1 aliphatic rings. The van der Waals surface area contributed by atoms with Crippen LogP contribution in [0.5, 0.6) is 0 Å². The summed E-state index contributed by atoms with van der Waals surface area (Å²) in [5, 5.41) is 2.91. The van der Waals surface area contributed by atoms with Gasteiger partial charge in [-0.25, -0.2) is 0 Å². The third-order valence-corrected chi connectivity index (χ3v) is 4.37. The molecule has 5 heteroatoms. The third kappa shape index (κ3) is 3.62. The fraction of sp³-hybridized carbons (Fsp3) is 0.316. The van der Waals surface area contributed by atoms with Crippen LogP contribution in [0, 0.1) is 5.92 Å². The van der Waals surface area contributed by atoms with Crippen LogP contribution in [0.1, 0.15) is 24.5 Å². The predicted octanol–water partition coefficient (Wildman–Crippen LogP) is 2.31. The van der Waals surface area contributed by atoms with Gasteiger partial charge in [0.25, 0.3) is 0 Å². The van der Waals surface area contributed by atoms with Crippen molar-refractivity contribution in [2.75, 3.05) is 11.4 Å². The molecule has 1 aromatic heterocycles. The van der Waals surface area contributed by atoms with Gasteiger partial charge in [-0.2, -0.15) is 0 Å². The van der Waals surface area contributed by atoms with Crippen LogP contribution >= 0.6 is 0 Å². The Kier molecular flexibility index (Phi) is 4.89. The first kappa shape index (κ1) is 16.2. The lowest BCUT2D eigenvalue weighted by molar-refractivity contribution is -0.126. The number of carbonyl (C=O) groups excluding carboxylic acids is 2. The SMILES string of the molecule is CCc1ccc(N2CC(C(=O)NCc3ccncc3)CC2=O)cc1. The Balaban J connectivity index is 1.60. The number of carbonyl (C=O) groups is 2. The maximum absolute atomic E-state index is 12.3. The van der Waals surface area contributed by atoms with E-state index in [0.717, 1.165) is 17.7 Å². The van der Waals surface area contributed by atoms with Gasteiger partial charge in [0.15, 0.2) is 0 Å². The van der Waals surface area contributed by atoms with Gasteiger partial charge in [-0.05, 0) is 41.8 Å². The number of hydrogen-bond acceptors (Lipinski definition) is 3. The Bertz CT molecular complexity index is 713. The Labute approximate surface area is 141 Å². The van der Waals surface area contributed by atoms with Crippen molar-refractivity contribution < 1.29 is 9.59 Å². The molecule has 1 fully saturated rings. The highest BCUT2D eigenvalue weighted by atomic mass is 16.2. The van der Waals surface area contributed by atoms with Crippen LogP contribution in [0.3, 0.4) is 0 Å². The summed E-state index contributed by atoms with van der Waals surface area (Å²) in [6, 6.07) is 11.7. The van der Waals surface area contributed by atoms with E-state index in [1.54, 1.807) is 17.3 Å². The van der Waals surface area contributed by atoms with E-state index in [1.165, 1.54) is 5.56 Å². The maximum atomic E-state index is 12.3. The van der Waals surface area contributed by atoms with Crippen molar-refractivity contribution in [2.24, 2.45) is 5.92 Å². The topological polar surface area (TPSA) is 62.3 Å². The smallest absolute Gasteiger partial charge is 0.227 e. The zero-order valence-electron chi connectivity index (χ0n) is 13.7. The minimum Gasteiger partial charge on any atom is -0.352 e. The number of benzene rings is 1. The Morgan fingerprint density at radius 2 is 1.88 bits per heavy atom. The standard InChI is InChI=1S/C19H21N3O2/c1-2-14-3-5-17(6-4-14)22-13-16(11-18(22)23)19(24)21-12-15-7-9-20-10-8-15/h3-10,16H,2,11-13H2,1H3,(H,21,24). The van der Waals surface area contributed by atoms with Crippen molar-refractivity contribution in [3.8, 4) is 0 Å². The Hall–Kier alpha value is -2.69. The molecular weight excluding hydrogens is 302 g/mol. The minimum atomic E-state index is -0.301. The predicted molar refractivity (Wildman–Crippen MR) is 92.4 cm³/mol. The molecule has 1 atom stereocenters. The summed E-state index contributed by atoms with van der Waals surface area (Å²) >= 11 is 0. The first-order valence-electron chi connectivity index (χ1n) is 8.23. The van der Waals surface area contributed by atoms with Crippen molar-refractivity contribution in [1.29, 1.82) is 0 Å². The van der Waals surface area contributed by atoms with Crippen molar-refractivity contribution in [1.82, 2.24) is 10.3 Å². The molecule has 0 radical (unpaired) electrons. The molecule has 1 aromatic carbocycles. The zero-order valence-corrected chi connectivity index (χ0v) is 13.7. The van der Waals surface area contributed by atoms with Crippen LogP contribution in [0.4, 0.5) is 5.69 Å². The van der Waals surface area contributed by atoms with E-state index in [-0.39, 0.29) is 24.2 Å². The number of amides is 2. The summed E-state index contributed by atoms with van der Waals surface area (Å²) in [7, 11) is 0. The normalized spacial score (nSPS) is 17.1. The number of anilines is 1. The van der Waals surface area contributed by atoms with E-state index in [1.807, 2.05) is 36.4 Å². The van der Waals surface area contributed by atoms with Gasteiger partial charge in [0.2, 0.25) is 11.8 Å². The van der Waals surface area contributed by atoms with Crippen LogP contribution in [0.15, 0.2) is 48.8 Å². The molecule has 5 nitrogen and oxygen atoms in total. The molecule has 1 N–H and O–H groups in total. The van der Waals surface area contributed by atoms with Crippen molar-refractivity contribution in [3.63, 3.8) is 0 Å². The van der Waals surface area contributed by atoms with Crippen molar-refractivity contribution in [2.45, 2.75) is 26.3 Å². The van der Waals surface area contributed by atoms with E-state index in [4.69, 9.17) is 0 Å². The summed E-state index contributed by atoms with van der Waals surface area (Å²) in [5.74, 6) is -0.374. The molecule has 0 saturated carbocycles. The molecular formula is C19H21N3O2. The number of nitrogens with one attached hydrogen (secondary N) is 1. The highest BCUT2D eigenvalue weighted by Crippen LogP contribution is 2.25. The average Bonchev–Trinajstić information content (AvgIpc) is 3.02. The Morgan fingerprint density at radius 3 is 2.54 bits per heavy atom. The van der Waals surface area contributed by atoms with E-state index < -0.39 is 0 Å². The molecule has 1 saturated heterocycles. The summed E-state index contributed by atoms with van der Waals surface area (Å²) in [6.07, 6.45) is 4.62. The number of nitrogens with zero attached hydrogens (tertiary/aromatic N) is 2. The van der Waals surface area contributed by atoms with E-state index >= 15 is 0 Å². The minimum absolute atomic E-state index is 0.00306. The van der Waals surface area contributed by atoms with E-state index in [2.05, 4.69) is 17.2 Å². The van der Waals surface area contributed by atoms with Gasteiger partial charge < -0.3 is 10.2 Å². The van der Waals surface area contributed by atoms with Gasteiger partial charge in [-0.1, -0.05) is 19.1 Å². The molecule has 3 rings (SSSR count). The molecule has 0 aliphatic carbocycles. The van der Waals surface area contributed by atoms with Gasteiger partial charge in [0.05, 0.1) is 5.92 Å². The second-order valence-corrected chi connectivity index (χ2v) is 6.00. The highest BCUT2D eigenvalue weighted by molar-refractivity contribution is 6.00. The van der Waals surface area contributed by atoms with Crippen molar-refractivity contribution in [3.05, 3.63) is 59.9 Å². The summed E-state index contributed by atoms with van der Waals surface area (Å²) in [4.78, 5) is 30.2. The van der Waals surface area contributed by atoms with Crippen LogP contribution in [-0.4, -0.2) is 23.3 Å². The zero-order chi connectivity index (χ0) is 16.9. The largest absolute Gasteiger partial charge is 0.352 e. The number of hydrogen-bond donors (Lipinski definition) is 1. The molecule has 2 amide bonds. The highest BCUT2D eigenvalue weighted by Gasteiger charge is 2.34. The van der Waals surface area contributed by atoms with Gasteiger partial charge in [0, 0.05) is 37.6 Å². The summed E-state index contributed by atoms with van der Waals surface area (Å²) < 4.78 is 0. The van der Waals surface area contributed by atoms with Gasteiger partial charge in [-0.3, -0.25) is 14.6 Å². The second-order valence-electron chi connectivity index (χ2n) is 6.00. The maximum Gasteiger partial charge on any atom is 0.227 e. The molecule has 1 unspecified atom stereocenters. The van der Waals surface area contributed by atoms with Crippen LogP contribution in [0.25, 0.3) is 0 Å². The monoisotopic (exact) mass is 323 g/mol. The second kappa shape index (κ2) is 7.25. The van der Waals surface area contributed by atoms with E-state index in [0.29, 0.717) is 13.1 Å². The number of aromatic nitrogens is 1. The molecule has 0 bridgehead atoms. The quantitative estimate of drug-likeness (QED) is 0.918. The molecule has 2 heterocycles. The van der Waals surface area contributed by atoms with Gasteiger partial charge in [0.1, 0.15) is 0 Å². The molecule has 124 valence electrons. The lowest BCUT2D eigenvalue weighted by Crippen LogP contribution is -2.32. The van der Waals surface area contributed by atoms with E-state index in [9.17, 15) is 9.59 Å². The number of rotatable bonds is 5. The average molecular weight is 323 g/mol. The third-order valence-electron chi connectivity index (χ3n) is 4.37. The molecule has 0 spiro atoms. The Morgan fingerprint density at radius 1 is 1.17 bits per heavy atom. The van der Waals surface area contributed by atoms with Gasteiger partial charge in [-0.15, -0.1) is 0 Å². The lowest BCUT2D eigenvalue weighted by Gasteiger charge is -2.17. The fourth-order valence-corrected chi connectivity index (χ4v) is 2.88. The summed E-state index contributed by atoms with van der Waals surface area (Å²) in [5.41, 5.74) is 3.09. The van der Waals surface area contributed by atoms with Crippen LogP contribution in [0.2, 0.25) is 0 Å². The molecule has 2 aromatic rings. The molecule has 1 aliphatic heterocycles. The fourth-order valence-electron chi connectivity index (χ4n) is 2.88. The first-order chi connectivity index (χ1) is 11.7. The van der Waals surface area contributed by atoms with Crippen molar-refractivity contribution >= 4 is 17.5 Å². The van der Waals surface area contributed by atoms with Crippen LogP contribution < -0.4 is 10.2 Å². The number of pyridine rings is 1.